The predicted octanol–water partition coefficient (Wildman–Crippen LogP) is 0.0467. The minimum atomic E-state index is -3.67. The predicted molar refractivity (Wildman–Crippen MR) is 85.0 cm³/mol. The van der Waals surface area contributed by atoms with Crippen LogP contribution in [0.1, 0.15) is 23.2 Å². The smallest absolute Gasteiger partial charge is 0.338 e. The molecule has 0 radical (unpaired) electrons. The summed E-state index contributed by atoms with van der Waals surface area (Å²) in [5, 5.41) is 2.32. The number of esters is 1. The van der Waals surface area contributed by atoms with Crippen molar-refractivity contribution in [2.45, 2.75) is 23.8 Å². The van der Waals surface area contributed by atoms with Crippen molar-refractivity contribution < 1.29 is 27.5 Å². The molecule has 1 amide bonds. The third-order valence-electron chi connectivity index (χ3n) is 3.54. The minimum absolute atomic E-state index is 0.0448. The Bertz CT molecular complexity index is 680. The maximum atomic E-state index is 12.2. The monoisotopic (exact) mass is 356 g/mol. The fourth-order valence-corrected chi connectivity index (χ4v) is 3.21. The average molecular weight is 356 g/mol. The number of hydrogen-bond donors (Lipinski definition) is 2. The number of carbonyl (C=O) groups excluding carboxylic acids is 2. The minimum Gasteiger partial charge on any atom is -0.452 e. The summed E-state index contributed by atoms with van der Waals surface area (Å²) < 4.78 is 37.0. The van der Waals surface area contributed by atoms with Gasteiger partial charge in [0.2, 0.25) is 10.0 Å². The van der Waals surface area contributed by atoms with E-state index in [9.17, 15) is 18.0 Å². The Morgan fingerprint density at radius 1 is 1.29 bits per heavy atom. The number of nitrogens with one attached hydrogen (secondary N) is 2. The number of amides is 1. The second kappa shape index (κ2) is 8.22. The summed E-state index contributed by atoms with van der Waals surface area (Å²) in [6.07, 6.45) is 1.66. The van der Waals surface area contributed by atoms with E-state index in [0.717, 1.165) is 12.8 Å². The third kappa shape index (κ3) is 5.02. The lowest BCUT2D eigenvalue weighted by molar-refractivity contribution is -0.123. The lowest BCUT2D eigenvalue weighted by Gasteiger charge is -2.11. The number of ether oxygens (including phenoxy) is 2. The number of likely N-dealkylation sites (N-methyl/N-ethyl adjacent to an activating group) is 1. The molecule has 1 fully saturated rings. The Kier molecular flexibility index (Phi) is 6.29. The Morgan fingerprint density at radius 3 is 2.58 bits per heavy atom. The van der Waals surface area contributed by atoms with Crippen molar-refractivity contribution >= 4 is 21.9 Å². The standard InChI is InChI=1S/C15H20N2O6S/c1-16-14(18)10-23-15(19)11-4-6-13(7-5-11)24(20,21)17-9-12-3-2-8-22-12/h4-7,12,17H,2-3,8-10H2,1H3,(H,16,18)/t12-/m1/s1. The normalized spacial score (nSPS) is 17.5. The molecular weight excluding hydrogens is 336 g/mol. The molecule has 9 heteroatoms. The first-order valence-corrected chi connectivity index (χ1v) is 9.00. The molecule has 2 rings (SSSR count). The lowest BCUT2D eigenvalue weighted by atomic mass is 10.2. The molecule has 2 N–H and O–H groups in total. The van der Waals surface area contributed by atoms with Gasteiger partial charge in [-0.1, -0.05) is 0 Å². The highest BCUT2D eigenvalue weighted by Crippen LogP contribution is 2.14. The zero-order valence-corrected chi connectivity index (χ0v) is 14.1. The van der Waals surface area contributed by atoms with Crippen molar-refractivity contribution in [3.05, 3.63) is 29.8 Å². The van der Waals surface area contributed by atoms with Crippen LogP contribution in [-0.4, -0.2) is 53.2 Å². The first-order valence-electron chi connectivity index (χ1n) is 7.51. The molecule has 0 bridgehead atoms. The molecular formula is C15H20N2O6S. The zero-order chi connectivity index (χ0) is 17.6. The van der Waals surface area contributed by atoms with Gasteiger partial charge in [-0.25, -0.2) is 17.9 Å². The summed E-state index contributed by atoms with van der Waals surface area (Å²) in [5.74, 6) is -1.13. The highest BCUT2D eigenvalue weighted by atomic mass is 32.2. The summed E-state index contributed by atoms with van der Waals surface area (Å²) in [6, 6.07) is 5.31. The Labute approximate surface area is 140 Å². The molecule has 1 aliphatic heterocycles. The van der Waals surface area contributed by atoms with Gasteiger partial charge in [-0.3, -0.25) is 4.79 Å². The fraction of sp³-hybridized carbons (Fsp3) is 0.467. The van der Waals surface area contributed by atoms with Gasteiger partial charge in [0, 0.05) is 20.2 Å². The van der Waals surface area contributed by atoms with E-state index in [4.69, 9.17) is 9.47 Å². The first kappa shape index (κ1) is 18.4. The van der Waals surface area contributed by atoms with Crippen LogP contribution in [0.4, 0.5) is 0 Å². The van der Waals surface area contributed by atoms with Crippen molar-refractivity contribution in [1.82, 2.24) is 10.0 Å². The first-order chi connectivity index (χ1) is 11.4. The van der Waals surface area contributed by atoms with Gasteiger partial charge in [0.25, 0.3) is 5.91 Å². The Hall–Kier alpha value is -1.97. The van der Waals surface area contributed by atoms with E-state index in [0.29, 0.717) is 6.61 Å². The maximum absolute atomic E-state index is 12.2. The molecule has 0 saturated carbocycles. The largest absolute Gasteiger partial charge is 0.452 e. The molecule has 8 nitrogen and oxygen atoms in total. The van der Waals surface area contributed by atoms with Crippen LogP contribution in [-0.2, 0) is 24.3 Å². The van der Waals surface area contributed by atoms with E-state index in [2.05, 4.69) is 10.0 Å². The van der Waals surface area contributed by atoms with Gasteiger partial charge in [0.1, 0.15) is 0 Å². The van der Waals surface area contributed by atoms with Crippen molar-refractivity contribution in [3.63, 3.8) is 0 Å². The summed E-state index contributed by atoms with van der Waals surface area (Å²) in [5.41, 5.74) is 0.164. The maximum Gasteiger partial charge on any atom is 0.338 e. The third-order valence-corrected chi connectivity index (χ3v) is 4.98. The van der Waals surface area contributed by atoms with E-state index in [1.165, 1.54) is 31.3 Å². The molecule has 24 heavy (non-hydrogen) atoms. The van der Waals surface area contributed by atoms with Crippen molar-refractivity contribution in [3.8, 4) is 0 Å². The highest BCUT2D eigenvalue weighted by molar-refractivity contribution is 7.89. The van der Waals surface area contributed by atoms with Gasteiger partial charge in [-0.2, -0.15) is 0 Å². The molecule has 132 valence electrons. The van der Waals surface area contributed by atoms with Gasteiger partial charge < -0.3 is 14.8 Å². The van der Waals surface area contributed by atoms with Gasteiger partial charge in [0.15, 0.2) is 6.61 Å². The summed E-state index contributed by atoms with van der Waals surface area (Å²) in [4.78, 5) is 22.8. The number of sulfonamides is 1. The van der Waals surface area contributed by atoms with Crippen LogP contribution in [0, 0.1) is 0 Å². The average Bonchev–Trinajstić information content (AvgIpc) is 3.11. The molecule has 0 spiro atoms. The second-order valence-electron chi connectivity index (χ2n) is 5.26. The number of benzene rings is 1. The van der Waals surface area contributed by atoms with E-state index < -0.39 is 28.5 Å². The van der Waals surface area contributed by atoms with E-state index >= 15 is 0 Å². The van der Waals surface area contributed by atoms with Crippen LogP contribution >= 0.6 is 0 Å². The van der Waals surface area contributed by atoms with Crippen molar-refractivity contribution in [1.29, 1.82) is 0 Å². The molecule has 1 heterocycles. The summed E-state index contributed by atoms with van der Waals surface area (Å²) in [7, 11) is -2.24. The van der Waals surface area contributed by atoms with Crippen LogP contribution < -0.4 is 10.0 Å². The van der Waals surface area contributed by atoms with Crippen molar-refractivity contribution in [2.75, 3.05) is 26.8 Å². The van der Waals surface area contributed by atoms with Crippen LogP contribution in [0.3, 0.4) is 0 Å². The Morgan fingerprint density at radius 2 is 2.00 bits per heavy atom. The second-order valence-corrected chi connectivity index (χ2v) is 7.03. The summed E-state index contributed by atoms with van der Waals surface area (Å²) >= 11 is 0. The van der Waals surface area contributed by atoms with Crippen molar-refractivity contribution in [2.24, 2.45) is 0 Å². The van der Waals surface area contributed by atoms with Crippen LogP contribution in [0.2, 0.25) is 0 Å². The van der Waals surface area contributed by atoms with Gasteiger partial charge >= 0.3 is 5.97 Å². The molecule has 0 aromatic heterocycles. The van der Waals surface area contributed by atoms with Crippen LogP contribution in [0.5, 0.6) is 0 Å². The Balaban J connectivity index is 1.94. The highest BCUT2D eigenvalue weighted by Gasteiger charge is 2.20. The molecule has 0 unspecified atom stereocenters. The lowest BCUT2D eigenvalue weighted by Crippen LogP contribution is -2.31. The van der Waals surface area contributed by atoms with E-state index in [1.807, 2.05) is 0 Å². The van der Waals surface area contributed by atoms with Crippen LogP contribution in [0.25, 0.3) is 0 Å². The van der Waals surface area contributed by atoms with E-state index in [1.54, 1.807) is 0 Å². The molecule has 1 saturated heterocycles. The van der Waals surface area contributed by atoms with Gasteiger partial charge in [-0.05, 0) is 37.1 Å². The van der Waals surface area contributed by atoms with Gasteiger partial charge in [-0.15, -0.1) is 0 Å². The summed E-state index contributed by atoms with van der Waals surface area (Å²) in [6.45, 7) is 0.482. The molecule has 1 aromatic rings. The fourth-order valence-electron chi connectivity index (χ4n) is 2.15. The molecule has 1 aromatic carbocycles. The molecule has 1 atom stereocenters. The van der Waals surface area contributed by atoms with Gasteiger partial charge in [0.05, 0.1) is 16.6 Å². The molecule has 0 aliphatic carbocycles. The van der Waals surface area contributed by atoms with Crippen LogP contribution in [0.15, 0.2) is 29.2 Å². The number of rotatable bonds is 7. The topological polar surface area (TPSA) is 111 Å². The SMILES string of the molecule is CNC(=O)COC(=O)c1ccc(S(=O)(=O)NC[C@H]2CCCO2)cc1. The number of carbonyl (C=O) groups is 2. The quantitative estimate of drug-likeness (QED) is 0.668. The zero-order valence-electron chi connectivity index (χ0n) is 13.3. The number of hydrogen-bond acceptors (Lipinski definition) is 6. The molecule has 1 aliphatic rings. The van der Waals surface area contributed by atoms with E-state index in [-0.39, 0.29) is 23.1 Å².